The van der Waals surface area contributed by atoms with Crippen LogP contribution >= 0.6 is 23.2 Å². The standard InChI is InChI=1S/C24H24Cl2N6O/c1-30-20-11-5-4-10-18(20)29-24(30)32-23(33)22(26)19(14-28-32)27-15-21(31-12-6-7-13-31)16-8-2-3-9-17(16)25/h2-5,8-11,14,21,27H,6-7,12-13,15H2,1H3/t21-/m0/s1. The summed E-state index contributed by atoms with van der Waals surface area (Å²) in [5.41, 5.74) is 2.83. The van der Waals surface area contributed by atoms with Gasteiger partial charge in [-0.3, -0.25) is 9.69 Å². The predicted molar refractivity (Wildman–Crippen MR) is 133 cm³/mol. The third-order valence-electron chi connectivity index (χ3n) is 6.20. The van der Waals surface area contributed by atoms with Gasteiger partial charge in [-0.1, -0.05) is 53.5 Å². The molecule has 5 rings (SSSR count). The molecule has 4 aromatic rings. The van der Waals surface area contributed by atoms with Crippen molar-refractivity contribution >= 4 is 39.9 Å². The number of aromatic nitrogens is 4. The highest BCUT2D eigenvalue weighted by molar-refractivity contribution is 6.33. The molecule has 1 fully saturated rings. The monoisotopic (exact) mass is 482 g/mol. The van der Waals surface area contributed by atoms with Gasteiger partial charge in [-0.25, -0.2) is 4.98 Å². The highest BCUT2D eigenvalue weighted by Crippen LogP contribution is 2.31. The van der Waals surface area contributed by atoms with Crippen LogP contribution in [0.25, 0.3) is 17.0 Å². The molecule has 33 heavy (non-hydrogen) atoms. The second kappa shape index (κ2) is 9.17. The maximum Gasteiger partial charge on any atom is 0.295 e. The molecule has 0 radical (unpaired) electrons. The number of anilines is 1. The van der Waals surface area contributed by atoms with Gasteiger partial charge in [0.25, 0.3) is 5.56 Å². The lowest BCUT2D eigenvalue weighted by Crippen LogP contribution is -2.32. The Hall–Kier alpha value is -2.87. The number of fused-ring (bicyclic) bond motifs is 1. The van der Waals surface area contributed by atoms with Gasteiger partial charge in [-0.15, -0.1) is 0 Å². The third kappa shape index (κ3) is 4.12. The van der Waals surface area contributed by atoms with Crippen LogP contribution in [0, 0.1) is 0 Å². The summed E-state index contributed by atoms with van der Waals surface area (Å²) in [5.74, 6) is 0.417. The maximum atomic E-state index is 13.1. The van der Waals surface area contributed by atoms with Gasteiger partial charge in [0.2, 0.25) is 5.95 Å². The molecule has 1 N–H and O–H groups in total. The molecule has 9 heteroatoms. The lowest BCUT2D eigenvalue weighted by atomic mass is 10.1. The van der Waals surface area contributed by atoms with Crippen molar-refractivity contribution in [1.29, 1.82) is 0 Å². The number of nitrogens with zero attached hydrogens (tertiary/aromatic N) is 5. The molecule has 1 aliphatic rings. The predicted octanol–water partition coefficient (Wildman–Crippen LogP) is 4.68. The van der Waals surface area contributed by atoms with Gasteiger partial charge in [-0.2, -0.15) is 9.78 Å². The molecule has 1 aliphatic heterocycles. The SMILES string of the molecule is Cn1c(-n2ncc(NC[C@@H](c3ccccc3Cl)N3CCCC3)c(Cl)c2=O)nc2ccccc21. The summed E-state index contributed by atoms with van der Waals surface area (Å²) in [7, 11) is 1.85. The van der Waals surface area contributed by atoms with Crippen LogP contribution in [0.3, 0.4) is 0 Å². The van der Waals surface area contributed by atoms with Gasteiger partial charge >= 0.3 is 0 Å². The van der Waals surface area contributed by atoms with Crippen LogP contribution in [0.2, 0.25) is 10.0 Å². The zero-order valence-corrected chi connectivity index (χ0v) is 19.7. The topological polar surface area (TPSA) is 68.0 Å². The summed E-state index contributed by atoms with van der Waals surface area (Å²) >= 11 is 13.0. The number of likely N-dealkylation sites (tertiary alicyclic amines) is 1. The third-order valence-corrected chi connectivity index (χ3v) is 6.91. The average molecular weight is 483 g/mol. The van der Waals surface area contributed by atoms with Gasteiger partial charge in [0.05, 0.1) is 29.0 Å². The van der Waals surface area contributed by atoms with E-state index in [1.54, 1.807) is 6.20 Å². The fraction of sp³-hybridized carbons (Fsp3) is 0.292. The zero-order chi connectivity index (χ0) is 22.9. The average Bonchev–Trinajstić information content (AvgIpc) is 3.47. The van der Waals surface area contributed by atoms with E-state index in [1.165, 1.54) is 4.68 Å². The second-order valence-corrected chi connectivity index (χ2v) is 9.00. The van der Waals surface area contributed by atoms with Crippen LogP contribution in [0.15, 0.2) is 59.5 Å². The first kappa shape index (κ1) is 21.9. The van der Waals surface area contributed by atoms with Crippen LogP contribution in [-0.2, 0) is 7.05 Å². The Morgan fingerprint density at radius 2 is 1.79 bits per heavy atom. The van der Waals surface area contributed by atoms with Gasteiger partial charge in [0.15, 0.2) is 0 Å². The van der Waals surface area contributed by atoms with E-state index in [9.17, 15) is 4.79 Å². The van der Waals surface area contributed by atoms with E-state index >= 15 is 0 Å². The molecular weight excluding hydrogens is 459 g/mol. The first-order chi connectivity index (χ1) is 16.0. The van der Waals surface area contributed by atoms with E-state index in [0.29, 0.717) is 18.2 Å². The van der Waals surface area contributed by atoms with Crippen molar-refractivity contribution in [2.24, 2.45) is 7.05 Å². The van der Waals surface area contributed by atoms with E-state index in [4.69, 9.17) is 23.2 Å². The normalized spacial score (nSPS) is 15.2. The molecule has 0 unspecified atom stereocenters. The summed E-state index contributed by atoms with van der Waals surface area (Å²) in [5, 5.41) is 8.52. The van der Waals surface area contributed by atoms with Gasteiger partial charge < -0.3 is 9.88 Å². The summed E-state index contributed by atoms with van der Waals surface area (Å²) in [4.78, 5) is 20.1. The Labute approximate surface area is 201 Å². The largest absolute Gasteiger partial charge is 0.380 e. The fourth-order valence-electron chi connectivity index (χ4n) is 4.46. The molecule has 3 heterocycles. The Kier molecular flexibility index (Phi) is 6.10. The number of halogens is 2. The number of rotatable bonds is 6. The highest BCUT2D eigenvalue weighted by Gasteiger charge is 2.25. The van der Waals surface area contributed by atoms with Crippen LogP contribution in [-0.4, -0.2) is 43.9 Å². The molecule has 0 aliphatic carbocycles. The summed E-state index contributed by atoms with van der Waals surface area (Å²) in [6.07, 6.45) is 3.91. The number of hydrogen-bond donors (Lipinski definition) is 1. The fourth-order valence-corrected chi connectivity index (χ4v) is 4.92. The molecule has 1 atom stereocenters. The van der Waals surface area contributed by atoms with Crippen molar-refractivity contribution < 1.29 is 0 Å². The molecule has 2 aromatic heterocycles. The van der Waals surface area contributed by atoms with E-state index < -0.39 is 5.56 Å². The lowest BCUT2D eigenvalue weighted by Gasteiger charge is -2.29. The van der Waals surface area contributed by atoms with Crippen molar-refractivity contribution in [1.82, 2.24) is 24.2 Å². The molecule has 0 spiro atoms. The van der Waals surface area contributed by atoms with Crippen molar-refractivity contribution in [3.63, 3.8) is 0 Å². The minimum Gasteiger partial charge on any atom is -0.380 e. The Balaban J connectivity index is 1.44. The van der Waals surface area contributed by atoms with E-state index in [1.807, 2.05) is 54.1 Å². The first-order valence-electron chi connectivity index (χ1n) is 11.0. The van der Waals surface area contributed by atoms with Crippen LogP contribution in [0.1, 0.15) is 24.4 Å². The highest BCUT2D eigenvalue weighted by atomic mass is 35.5. The maximum absolute atomic E-state index is 13.1. The molecular formula is C24H24Cl2N6O. The first-order valence-corrected chi connectivity index (χ1v) is 11.7. The quantitative estimate of drug-likeness (QED) is 0.432. The Bertz CT molecular complexity index is 1360. The minimum absolute atomic E-state index is 0.0690. The number of para-hydroxylation sites is 2. The summed E-state index contributed by atoms with van der Waals surface area (Å²) < 4.78 is 3.06. The van der Waals surface area contributed by atoms with Gasteiger partial charge in [0, 0.05) is 18.6 Å². The Morgan fingerprint density at radius 3 is 2.55 bits per heavy atom. The zero-order valence-electron chi connectivity index (χ0n) is 18.2. The minimum atomic E-state index is -0.421. The van der Waals surface area contributed by atoms with E-state index in [0.717, 1.165) is 47.6 Å². The molecule has 7 nitrogen and oxygen atoms in total. The van der Waals surface area contributed by atoms with Crippen LogP contribution in [0.4, 0.5) is 5.69 Å². The molecule has 2 aromatic carbocycles. The van der Waals surface area contributed by atoms with Gasteiger partial charge in [-0.05, 0) is 49.7 Å². The van der Waals surface area contributed by atoms with Crippen molar-refractivity contribution in [3.05, 3.63) is 80.7 Å². The van der Waals surface area contributed by atoms with Crippen molar-refractivity contribution in [2.45, 2.75) is 18.9 Å². The smallest absolute Gasteiger partial charge is 0.295 e. The van der Waals surface area contributed by atoms with Crippen molar-refractivity contribution in [3.8, 4) is 5.95 Å². The van der Waals surface area contributed by atoms with E-state index in [-0.39, 0.29) is 11.1 Å². The van der Waals surface area contributed by atoms with Crippen LogP contribution in [0.5, 0.6) is 0 Å². The second-order valence-electron chi connectivity index (χ2n) is 8.21. The number of hydrogen-bond acceptors (Lipinski definition) is 5. The summed E-state index contributed by atoms with van der Waals surface area (Å²) in [6.45, 7) is 2.58. The molecule has 0 bridgehead atoms. The van der Waals surface area contributed by atoms with Crippen LogP contribution < -0.4 is 10.9 Å². The lowest BCUT2D eigenvalue weighted by molar-refractivity contribution is 0.256. The molecule has 0 saturated carbocycles. The number of nitrogens with one attached hydrogen (secondary N) is 1. The molecule has 0 amide bonds. The number of aryl methyl sites for hydroxylation is 1. The van der Waals surface area contributed by atoms with Crippen molar-refractivity contribution in [2.75, 3.05) is 25.0 Å². The Morgan fingerprint density at radius 1 is 1.06 bits per heavy atom. The number of benzene rings is 2. The van der Waals surface area contributed by atoms with Gasteiger partial charge in [0.1, 0.15) is 5.02 Å². The van der Waals surface area contributed by atoms with E-state index in [2.05, 4.69) is 26.4 Å². The molecule has 1 saturated heterocycles. The summed E-state index contributed by atoms with van der Waals surface area (Å²) in [6, 6.07) is 15.6. The number of imidazole rings is 1. The molecule has 170 valence electrons.